The predicted octanol–water partition coefficient (Wildman–Crippen LogP) is 4.13. The molecule has 0 spiro atoms. The van der Waals surface area contributed by atoms with Gasteiger partial charge in [-0.1, -0.05) is 43.7 Å². The number of benzene rings is 2. The summed E-state index contributed by atoms with van der Waals surface area (Å²) < 4.78 is 5.19. The van der Waals surface area contributed by atoms with Gasteiger partial charge < -0.3 is 10.1 Å². The largest absolute Gasteiger partial charge is 0.497 e. The Labute approximate surface area is 132 Å². The topological polar surface area (TPSA) is 38.3 Å². The molecule has 1 N–H and O–H groups in total. The van der Waals surface area contributed by atoms with Crippen LogP contribution in [-0.4, -0.2) is 13.0 Å². The first-order valence-electron chi connectivity index (χ1n) is 7.52. The van der Waals surface area contributed by atoms with E-state index < -0.39 is 0 Å². The fourth-order valence-corrected chi connectivity index (χ4v) is 2.46. The standard InChI is InChI=1S/C19H23NO2/c1-13(2)18(15-8-10-17(22-4)11-9-15)20-19(21)16-7-5-6-14(3)12-16/h5-13,18H,1-4H3,(H,20,21)/t18-/m1/s1. The summed E-state index contributed by atoms with van der Waals surface area (Å²) in [4.78, 5) is 12.5. The Bertz CT molecular complexity index is 632. The highest BCUT2D eigenvalue weighted by molar-refractivity contribution is 5.94. The number of carbonyl (C=O) groups is 1. The van der Waals surface area contributed by atoms with Crippen molar-refractivity contribution in [2.24, 2.45) is 5.92 Å². The molecule has 22 heavy (non-hydrogen) atoms. The highest BCUT2D eigenvalue weighted by atomic mass is 16.5. The third-order valence-corrected chi connectivity index (χ3v) is 3.71. The van der Waals surface area contributed by atoms with Crippen molar-refractivity contribution in [3.8, 4) is 5.75 Å². The molecular weight excluding hydrogens is 274 g/mol. The van der Waals surface area contributed by atoms with Gasteiger partial charge in [-0.05, 0) is 42.7 Å². The van der Waals surface area contributed by atoms with E-state index in [0.29, 0.717) is 11.5 Å². The van der Waals surface area contributed by atoms with E-state index in [1.165, 1.54) is 0 Å². The smallest absolute Gasteiger partial charge is 0.251 e. The van der Waals surface area contributed by atoms with Crippen LogP contribution in [0.5, 0.6) is 5.75 Å². The van der Waals surface area contributed by atoms with Crippen LogP contribution in [0.4, 0.5) is 0 Å². The molecule has 0 unspecified atom stereocenters. The lowest BCUT2D eigenvalue weighted by atomic mass is 9.95. The highest BCUT2D eigenvalue weighted by Crippen LogP contribution is 2.24. The number of hydrogen-bond donors (Lipinski definition) is 1. The third-order valence-electron chi connectivity index (χ3n) is 3.71. The molecule has 2 aromatic rings. The van der Waals surface area contributed by atoms with Gasteiger partial charge in [0.05, 0.1) is 13.2 Å². The van der Waals surface area contributed by atoms with Crippen LogP contribution in [0.15, 0.2) is 48.5 Å². The Morgan fingerprint density at radius 1 is 1.09 bits per heavy atom. The van der Waals surface area contributed by atoms with Gasteiger partial charge in [0.25, 0.3) is 5.91 Å². The number of hydrogen-bond acceptors (Lipinski definition) is 2. The van der Waals surface area contributed by atoms with Crippen molar-refractivity contribution >= 4 is 5.91 Å². The molecule has 0 saturated carbocycles. The van der Waals surface area contributed by atoms with Crippen LogP contribution in [0.1, 0.15) is 41.4 Å². The van der Waals surface area contributed by atoms with Crippen LogP contribution in [0.25, 0.3) is 0 Å². The number of ether oxygens (including phenoxy) is 1. The fraction of sp³-hybridized carbons (Fsp3) is 0.316. The molecule has 116 valence electrons. The van der Waals surface area contributed by atoms with Gasteiger partial charge >= 0.3 is 0 Å². The molecule has 1 atom stereocenters. The molecule has 1 amide bonds. The van der Waals surface area contributed by atoms with Crippen molar-refractivity contribution in [3.63, 3.8) is 0 Å². The van der Waals surface area contributed by atoms with E-state index in [4.69, 9.17) is 4.74 Å². The summed E-state index contributed by atoms with van der Waals surface area (Å²) in [5.41, 5.74) is 2.86. The number of aryl methyl sites for hydroxylation is 1. The van der Waals surface area contributed by atoms with Gasteiger partial charge in [-0.25, -0.2) is 0 Å². The fourth-order valence-electron chi connectivity index (χ4n) is 2.46. The normalized spacial score (nSPS) is 12.0. The van der Waals surface area contributed by atoms with E-state index in [1.807, 2.05) is 55.5 Å². The average Bonchev–Trinajstić information content (AvgIpc) is 2.52. The zero-order chi connectivity index (χ0) is 16.1. The molecule has 0 radical (unpaired) electrons. The maximum atomic E-state index is 12.5. The molecule has 0 aromatic heterocycles. The molecule has 0 aliphatic carbocycles. The van der Waals surface area contributed by atoms with Crippen LogP contribution in [0, 0.1) is 12.8 Å². The van der Waals surface area contributed by atoms with Gasteiger partial charge in [0.1, 0.15) is 5.75 Å². The first-order valence-corrected chi connectivity index (χ1v) is 7.52. The summed E-state index contributed by atoms with van der Waals surface area (Å²) >= 11 is 0. The highest BCUT2D eigenvalue weighted by Gasteiger charge is 2.19. The first-order chi connectivity index (χ1) is 10.5. The number of rotatable bonds is 5. The molecule has 0 bridgehead atoms. The van der Waals surface area contributed by atoms with Crippen LogP contribution in [0.3, 0.4) is 0 Å². The second-order valence-electron chi connectivity index (χ2n) is 5.84. The summed E-state index contributed by atoms with van der Waals surface area (Å²) in [6.07, 6.45) is 0. The van der Waals surface area contributed by atoms with Gasteiger partial charge in [-0.2, -0.15) is 0 Å². The zero-order valence-corrected chi connectivity index (χ0v) is 13.6. The van der Waals surface area contributed by atoms with Crippen LogP contribution in [-0.2, 0) is 0 Å². The quantitative estimate of drug-likeness (QED) is 0.901. The zero-order valence-electron chi connectivity index (χ0n) is 13.6. The average molecular weight is 297 g/mol. The van der Waals surface area contributed by atoms with Crippen molar-refractivity contribution < 1.29 is 9.53 Å². The van der Waals surface area contributed by atoms with Crippen molar-refractivity contribution in [2.45, 2.75) is 26.8 Å². The molecule has 0 aliphatic rings. The van der Waals surface area contributed by atoms with Crippen LogP contribution >= 0.6 is 0 Å². The van der Waals surface area contributed by atoms with E-state index in [9.17, 15) is 4.79 Å². The summed E-state index contributed by atoms with van der Waals surface area (Å²) in [5, 5.41) is 3.13. The maximum absolute atomic E-state index is 12.5. The number of methoxy groups -OCH3 is 1. The van der Waals surface area contributed by atoms with E-state index in [1.54, 1.807) is 7.11 Å². The Kier molecular flexibility index (Phi) is 5.21. The Balaban J connectivity index is 2.19. The maximum Gasteiger partial charge on any atom is 0.251 e. The number of amides is 1. The minimum atomic E-state index is -0.0433. The number of nitrogens with one attached hydrogen (secondary N) is 1. The van der Waals surface area contributed by atoms with Crippen molar-refractivity contribution in [1.82, 2.24) is 5.32 Å². The van der Waals surface area contributed by atoms with Gasteiger partial charge in [-0.15, -0.1) is 0 Å². The van der Waals surface area contributed by atoms with Gasteiger partial charge in [0.15, 0.2) is 0 Å². The minimum absolute atomic E-state index is 0.0288. The Morgan fingerprint density at radius 3 is 2.32 bits per heavy atom. The summed E-state index contributed by atoms with van der Waals surface area (Å²) in [6.45, 7) is 6.19. The van der Waals surface area contributed by atoms with Crippen molar-refractivity contribution in [1.29, 1.82) is 0 Å². The number of carbonyl (C=O) groups excluding carboxylic acids is 1. The lowest BCUT2D eigenvalue weighted by molar-refractivity contribution is 0.0925. The van der Waals surface area contributed by atoms with E-state index in [2.05, 4.69) is 19.2 Å². The summed E-state index contributed by atoms with van der Waals surface area (Å²) in [6, 6.07) is 15.4. The molecule has 3 nitrogen and oxygen atoms in total. The molecule has 2 aromatic carbocycles. The molecule has 0 saturated heterocycles. The molecule has 0 aliphatic heterocycles. The van der Waals surface area contributed by atoms with Crippen molar-refractivity contribution in [3.05, 3.63) is 65.2 Å². The Hall–Kier alpha value is -2.29. The van der Waals surface area contributed by atoms with Gasteiger partial charge in [0, 0.05) is 5.56 Å². The monoisotopic (exact) mass is 297 g/mol. The third kappa shape index (κ3) is 3.88. The first kappa shape index (κ1) is 16.1. The molecule has 0 fully saturated rings. The molecular formula is C19H23NO2. The Morgan fingerprint density at radius 2 is 1.77 bits per heavy atom. The summed E-state index contributed by atoms with van der Waals surface area (Å²) in [5.74, 6) is 1.07. The van der Waals surface area contributed by atoms with Crippen molar-refractivity contribution in [2.75, 3.05) is 7.11 Å². The minimum Gasteiger partial charge on any atom is -0.497 e. The lowest BCUT2D eigenvalue weighted by Gasteiger charge is -2.23. The predicted molar refractivity (Wildman–Crippen MR) is 89.2 cm³/mol. The lowest BCUT2D eigenvalue weighted by Crippen LogP contribution is -2.31. The van der Waals surface area contributed by atoms with Gasteiger partial charge in [-0.3, -0.25) is 4.79 Å². The second-order valence-corrected chi connectivity index (χ2v) is 5.84. The van der Waals surface area contributed by atoms with E-state index in [0.717, 1.165) is 16.9 Å². The molecule has 0 heterocycles. The molecule has 3 heteroatoms. The summed E-state index contributed by atoms with van der Waals surface area (Å²) in [7, 11) is 1.65. The van der Waals surface area contributed by atoms with Gasteiger partial charge in [0.2, 0.25) is 0 Å². The van der Waals surface area contributed by atoms with E-state index in [-0.39, 0.29) is 11.9 Å². The molecule has 2 rings (SSSR count). The second kappa shape index (κ2) is 7.12. The SMILES string of the molecule is COc1ccc([C@H](NC(=O)c2cccc(C)c2)C(C)C)cc1. The van der Waals surface area contributed by atoms with Crippen LogP contribution in [0.2, 0.25) is 0 Å². The van der Waals surface area contributed by atoms with E-state index >= 15 is 0 Å². The van der Waals surface area contributed by atoms with Crippen LogP contribution < -0.4 is 10.1 Å².